The van der Waals surface area contributed by atoms with Crippen molar-refractivity contribution in [2.75, 3.05) is 10.6 Å². The predicted molar refractivity (Wildman–Crippen MR) is 88.7 cm³/mol. The van der Waals surface area contributed by atoms with E-state index in [9.17, 15) is 9.59 Å². The fourth-order valence-corrected chi connectivity index (χ4v) is 2.78. The zero-order chi connectivity index (χ0) is 16.1. The molecule has 1 aliphatic rings. The summed E-state index contributed by atoms with van der Waals surface area (Å²) >= 11 is 0. The Balaban J connectivity index is 2.06. The molecule has 1 fully saturated rings. The van der Waals surface area contributed by atoms with Gasteiger partial charge in [0.1, 0.15) is 0 Å². The normalized spacial score (nSPS) is 21.2. The molecular weight excluding hydrogens is 278 g/mol. The molecule has 2 rings (SSSR count). The molecule has 0 aliphatic heterocycles. The van der Waals surface area contributed by atoms with Crippen molar-refractivity contribution in [3.63, 3.8) is 0 Å². The van der Waals surface area contributed by atoms with Gasteiger partial charge in [-0.25, -0.2) is 0 Å². The molecule has 1 aromatic carbocycles. The average Bonchev–Trinajstić information content (AvgIpc) is 2.50. The summed E-state index contributed by atoms with van der Waals surface area (Å²) in [6, 6.07) is 5.67. The van der Waals surface area contributed by atoms with Crippen molar-refractivity contribution in [1.29, 1.82) is 0 Å². The number of nitrogens with one attached hydrogen (secondary N) is 2. The fraction of sp³-hybridized carbons (Fsp3) is 0.529. The van der Waals surface area contributed by atoms with Gasteiger partial charge in [-0.3, -0.25) is 9.59 Å². The van der Waals surface area contributed by atoms with E-state index < -0.39 is 0 Å². The Hall–Kier alpha value is -1.88. The van der Waals surface area contributed by atoms with Gasteiger partial charge in [-0.05, 0) is 43.9 Å². The summed E-state index contributed by atoms with van der Waals surface area (Å²) in [6.07, 6.45) is 4.07. The summed E-state index contributed by atoms with van der Waals surface area (Å²) in [7, 11) is 0. The Labute approximate surface area is 131 Å². The maximum Gasteiger partial charge on any atom is 0.227 e. The summed E-state index contributed by atoms with van der Waals surface area (Å²) in [5, 5.41) is 5.80. The van der Waals surface area contributed by atoms with Crippen molar-refractivity contribution in [3.05, 3.63) is 23.8 Å². The summed E-state index contributed by atoms with van der Waals surface area (Å²) in [4.78, 5) is 23.9. The number of benzene rings is 1. The van der Waals surface area contributed by atoms with E-state index in [4.69, 9.17) is 5.73 Å². The summed E-state index contributed by atoms with van der Waals surface area (Å²) in [6.45, 7) is 3.74. The first-order chi connectivity index (χ1) is 10.5. The number of amides is 2. The molecule has 1 aromatic rings. The number of nitrogens with two attached hydrogens (primary N) is 1. The Morgan fingerprint density at radius 3 is 2.73 bits per heavy atom. The molecule has 120 valence electrons. The van der Waals surface area contributed by atoms with E-state index in [1.165, 1.54) is 0 Å². The predicted octanol–water partition coefficient (Wildman–Crippen LogP) is 2.80. The SMILES string of the molecule is CCC(=O)Nc1ccc(C)c(NC(=O)C2CCCC(N)C2)c1. The molecule has 4 N–H and O–H groups in total. The van der Waals surface area contributed by atoms with Gasteiger partial charge in [0, 0.05) is 29.8 Å². The van der Waals surface area contributed by atoms with Crippen LogP contribution >= 0.6 is 0 Å². The van der Waals surface area contributed by atoms with E-state index >= 15 is 0 Å². The number of anilines is 2. The zero-order valence-electron chi connectivity index (χ0n) is 13.3. The van der Waals surface area contributed by atoms with Crippen LogP contribution in [0.25, 0.3) is 0 Å². The van der Waals surface area contributed by atoms with Crippen molar-refractivity contribution in [1.82, 2.24) is 0 Å². The van der Waals surface area contributed by atoms with E-state index in [0.29, 0.717) is 12.1 Å². The standard InChI is InChI=1S/C17H25N3O2/c1-3-16(21)19-14-8-7-11(2)15(10-14)20-17(22)12-5-4-6-13(18)9-12/h7-8,10,12-13H,3-6,9,18H2,1-2H3,(H,19,21)(H,20,22). The van der Waals surface area contributed by atoms with E-state index in [0.717, 1.165) is 36.9 Å². The lowest BCUT2D eigenvalue weighted by Gasteiger charge is -2.26. The van der Waals surface area contributed by atoms with Gasteiger partial charge in [0.15, 0.2) is 0 Å². The van der Waals surface area contributed by atoms with Gasteiger partial charge in [-0.1, -0.05) is 19.4 Å². The molecule has 22 heavy (non-hydrogen) atoms. The van der Waals surface area contributed by atoms with Gasteiger partial charge in [0.2, 0.25) is 11.8 Å². The fourth-order valence-electron chi connectivity index (χ4n) is 2.78. The van der Waals surface area contributed by atoms with Crippen molar-refractivity contribution in [2.45, 2.75) is 52.0 Å². The number of rotatable bonds is 4. The summed E-state index contributed by atoms with van der Waals surface area (Å²) in [5.74, 6) is -0.0337. The lowest BCUT2D eigenvalue weighted by molar-refractivity contribution is -0.121. The average molecular weight is 303 g/mol. The maximum atomic E-state index is 12.4. The molecule has 0 radical (unpaired) electrons. The molecule has 0 saturated heterocycles. The number of carbonyl (C=O) groups is 2. The minimum Gasteiger partial charge on any atom is -0.328 e. The molecule has 0 aromatic heterocycles. The molecule has 0 bridgehead atoms. The molecule has 5 heteroatoms. The lowest BCUT2D eigenvalue weighted by Crippen LogP contribution is -2.34. The Bertz CT molecular complexity index is 557. The third-order valence-corrected chi connectivity index (χ3v) is 4.19. The van der Waals surface area contributed by atoms with Crippen LogP contribution in [0.5, 0.6) is 0 Å². The minimum absolute atomic E-state index is 0.0166. The Morgan fingerprint density at radius 1 is 1.27 bits per heavy atom. The highest BCUT2D eigenvalue weighted by Gasteiger charge is 2.25. The molecule has 0 spiro atoms. The van der Waals surface area contributed by atoms with Crippen LogP contribution in [0, 0.1) is 12.8 Å². The van der Waals surface area contributed by atoms with Gasteiger partial charge in [-0.2, -0.15) is 0 Å². The molecule has 2 amide bonds. The van der Waals surface area contributed by atoms with E-state index in [1.807, 2.05) is 25.1 Å². The highest BCUT2D eigenvalue weighted by Crippen LogP contribution is 2.26. The Morgan fingerprint density at radius 2 is 2.05 bits per heavy atom. The van der Waals surface area contributed by atoms with Crippen LogP contribution in [0.1, 0.15) is 44.6 Å². The quantitative estimate of drug-likeness (QED) is 0.799. The first-order valence-electron chi connectivity index (χ1n) is 7.96. The third-order valence-electron chi connectivity index (χ3n) is 4.19. The third kappa shape index (κ3) is 4.31. The topological polar surface area (TPSA) is 84.2 Å². The van der Waals surface area contributed by atoms with E-state index in [2.05, 4.69) is 10.6 Å². The van der Waals surface area contributed by atoms with Crippen molar-refractivity contribution in [3.8, 4) is 0 Å². The van der Waals surface area contributed by atoms with Gasteiger partial charge in [0.05, 0.1) is 0 Å². The number of hydrogen-bond donors (Lipinski definition) is 3. The molecule has 2 atom stereocenters. The smallest absolute Gasteiger partial charge is 0.227 e. The second-order valence-corrected chi connectivity index (χ2v) is 6.04. The van der Waals surface area contributed by atoms with Crippen LogP contribution in [-0.2, 0) is 9.59 Å². The van der Waals surface area contributed by atoms with E-state index in [1.54, 1.807) is 6.92 Å². The number of carbonyl (C=O) groups excluding carboxylic acids is 2. The van der Waals surface area contributed by atoms with Gasteiger partial charge >= 0.3 is 0 Å². The molecular formula is C17H25N3O2. The van der Waals surface area contributed by atoms with Crippen LogP contribution in [0.15, 0.2) is 18.2 Å². The number of hydrogen-bond acceptors (Lipinski definition) is 3. The van der Waals surface area contributed by atoms with Crippen LogP contribution in [0.4, 0.5) is 11.4 Å². The van der Waals surface area contributed by atoms with Crippen LogP contribution in [-0.4, -0.2) is 17.9 Å². The second kappa shape index (κ2) is 7.40. The van der Waals surface area contributed by atoms with E-state index in [-0.39, 0.29) is 23.8 Å². The Kier molecular flexibility index (Phi) is 5.55. The van der Waals surface area contributed by atoms with Crippen molar-refractivity contribution >= 4 is 23.2 Å². The van der Waals surface area contributed by atoms with Crippen LogP contribution < -0.4 is 16.4 Å². The largest absolute Gasteiger partial charge is 0.328 e. The van der Waals surface area contributed by atoms with Gasteiger partial charge < -0.3 is 16.4 Å². The lowest BCUT2D eigenvalue weighted by atomic mass is 9.85. The zero-order valence-corrected chi connectivity index (χ0v) is 13.3. The first-order valence-corrected chi connectivity index (χ1v) is 7.96. The summed E-state index contributed by atoms with van der Waals surface area (Å²) in [5.41, 5.74) is 8.38. The molecule has 0 heterocycles. The second-order valence-electron chi connectivity index (χ2n) is 6.04. The highest BCUT2D eigenvalue weighted by molar-refractivity contribution is 5.95. The molecule has 1 aliphatic carbocycles. The first kappa shape index (κ1) is 16.5. The highest BCUT2D eigenvalue weighted by atomic mass is 16.2. The van der Waals surface area contributed by atoms with Gasteiger partial charge in [-0.15, -0.1) is 0 Å². The van der Waals surface area contributed by atoms with Crippen LogP contribution in [0.2, 0.25) is 0 Å². The molecule has 1 saturated carbocycles. The van der Waals surface area contributed by atoms with Crippen molar-refractivity contribution in [2.24, 2.45) is 11.7 Å². The van der Waals surface area contributed by atoms with Gasteiger partial charge in [0.25, 0.3) is 0 Å². The monoisotopic (exact) mass is 303 g/mol. The van der Waals surface area contributed by atoms with Crippen molar-refractivity contribution < 1.29 is 9.59 Å². The molecule has 2 unspecified atom stereocenters. The summed E-state index contributed by atoms with van der Waals surface area (Å²) < 4.78 is 0. The minimum atomic E-state index is -0.0422. The van der Waals surface area contributed by atoms with Crippen LogP contribution in [0.3, 0.4) is 0 Å². The maximum absolute atomic E-state index is 12.4. The number of aryl methyl sites for hydroxylation is 1. The molecule has 5 nitrogen and oxygen atoms in total.